The van der Waals surface area contributed by atoms with E-state index in [4.69, 9.17) is 24.1 Å². The summed E-state index contributed by atoms with van der Waals surface area (Å²) in [4.78, 5) is 81.0. The van der Waals surface area contributed by atoms with Crippen molar-refractivity contribution in [3.8, 4) is 0 Å². The first-order valence-corrected chi connectivity index (χ1v) is 21.5. The van der Waals surface area contributed by atoms with Crippen LogP contribution in [-0.4, -0.2) is 129 Å². The molecule has 6 N–H and O–H groups in total. The van der Waals surface area contributed by atoms with Gasteiger partial charge in [0.25, 0.3) is 0 Å². The highest BCUT2D eigenvalue weighted by atomic mass is 32.1. The Balaban J connectivity index is 3.66. The first-order valence-electron chi connectivity index (χ1n) is 21.0. The quantitative estimate of drug-likeness (QED) is 0.0343. The molecule has 17 nitrogen and oxygen atoms in total. The van der Waals surface area contributed by atoms with E-state index in [2.05, 4.69) is 33.9 Å². The third-order valence-electron chi connectivity index (χ3n) is 8.93. The number of carbonyl (C=O) groups is 7. The van der Waals surface area contributed by atoms with Gasteiger partial charge in [-0.1, -0.05) is 89.9 Å². The van der Waals surface area contributed by atoms with Gasteiger partial charge in [-0.15, -0.1) is 12.6 Å². The Morgan fingerprint density at radius 2 is 0.897 bits per heavy atom. The summed E-state index contributed by atoms with van der Waals surface area (Å²) in [6.45, 7) is 2.76. The van der Waals surface area contributed by atoms with E-state index in [1.54, 1.807) is 0 Å². The number of nitrogens with one attached hydrogen (secondary N) is 4. The van der Waals surface area contributed by atoms with Gasteiger partial charge in [0.05, 0.1) is 45.7 Å². The fraction of sp³-hybridized carbons (Fsp3) is 0.825. The Labute approximate surface area is 349 Å². The van der Waals surface area contributed by atoms with Crippen LogP contribution < -0.4 is 21.3 Å². The maximum Gasteiger partial charge on any atom is 0.326 e. The fourth-order valence-corrected chi connectivity index (χ4v) is 5.68. The smallest absolute Gasteiger partial charge is 0.326 e. The van der Waals surface area contributed by atoms with Crippen LogP contribution in [0.4, 0.5) is 0 Å². The number of amides is 4. The van der Waals surface area contributed by atoms with Crippen LogP contribution in [0.2, 0.25) is 0 Å². The molecule has 0 heterocycles. The number of hydrogen-bond donors (Lipinski definition) is 7. The standard InChI is InChI=1S/C40H72N4O13S/c1-32(40(53)58)43-37(48)31-57-29-27-55-25-23-42-36(47)30-56-28-26-54-24-22-41-34(45)21-20-33(39(51)52)44-35(46)18-16-14-12-10-8-6-4-2-3-5-7-9-11-13-15-17-19-38(49)50/h32-33H,2-31H2,1H3,(H,41,45)(H,42,47)(H,43,48)(H,44,46)(H,49,50)(H,51,52)(H,53,58)/t32-,33-/m0/s1. The summed E-state index contributed by atoms with van der Waals surface area (Å²) in [5.74, 6) is -3.34. The topological polar surface area (TPSA) is 245 Å². The molecule has 0 aromatic rings. The van der Waals surface area contributed by atoms with Gasteiger partial charge in [-0.2, -0.15) is 0 Å². The molecule has 18 heteroatoms. The number of ether oxygens (including phenoxy) is 4. The molecule has 336 valence electrons. The summed E-state index contributed by atoms with van der Waals surface area (Å²) >= 11 is 3.63. The van der Waals surface area contributed by atoms with Gasteiger partial charge >= 0.3 is 11.9 Å². The summed E-state index contributed by atoms with van der Waals surface area (Å²) in [7, 11) is 0. The predicted octanol–water partition coefficient (Wildman–Crippen LogP) is 3.70. The zero-order valence-corrected chi connectivity index (χ0v) is 35.6. The normalized spacial score (nSPS) is 12.0. The number of aliphatic carboxylic acids is 2. The van der Waals surface area contributed by atoms with E-state index in [1.807, 2.05) is 0 Å². The minimum absolute atomic E-state index is 0.0258. The van der Waals surface area contributed by atoms with Gasteiger partial charge < -0.3 is 50.4 Å². The van der Waals surface area contributed by atoms with Crippen molar-refractivity contribution >= 4 is 53.3 Å². The molecule has 0 saturated heterocycles. The van der Waals surface area contributed by atoms with Gasteiger partial charge in [0.2, 0.25) is 28.7 Å². The fourth-order valence-electron chi connectivity index (χ4n) is 5.62. The Bertz CT molecular complexity index is 1150. The molecule has 0 saturated carbocycles. The van der Waals surface area contributed by atoms with Gasteiger partial charge in [-0.3, -0.25) is 28.8 Å². The Hall–Kier alpha value is -3.32. The molecular weight excluding hydrogens is 777 g/mol. The van der Waals surface area contributed by atoms with Crippen LogP contribution in [0.15, 0.2) is 0 Å². The average molecular weight is 849 g/mol. The SMILES string of the molecule is C[C@H](NC(=O)COCCOCCNC(=O)COCCOCCNC(=O)CC[C@H](NC(=O)CCCCCCCCCCCCCCCCCCC(=O)O)C(=O)O)C(=O)S. The van der Waals surface area contributed by atoms with E-state index in [9.17, 15) is 38.7 Å². The number of rotatable bonds is 42. The van der Waals surface area contributed by atoms with E-state index >= 15 is 0 Å². The Kier molecular flexibility index (Phi) is 36.9. The maximum atomic E-state index is 12.3. The van der Waals surface area contributed by atoms with Crippen molar-refractivity contribution < 1.29 is 62.7 Å². The van der Waals surface area contributed by atoms with Crippen LogP contribution in [0.1, 0.15) is 135 Å². The van der Waals surface area contributed by atoms with Crippen LogP contribution >= 0.6 is 12.6 Å². The van der Waals surface area contributed by atoms with Gasteiger partial charge in [-0.25, -0.2) is 4.79 Å². The van der Waals surface area contributed by atoms with Gasteiger partial charge in [-0.05, 0) is 26.2 Å². The van der Waals surface area contributed by atoms with Crippen molar-refractivity contribution in [3.63, 3.8) is 0 Å². The second-order valence-corrected chi connectivity index (χ2v) is 14.6. The predicted molar refractivity (Wildman–Crippen MR) is 220 cm³/mol. The lowest BCUT2D eigenvalue weighted by molar-refractivity contribution is -0.142. The highest BCUT2D eigenvalue weighted by molar-refractivity contribution is 7.96. The van der Waals surface area contributed by atoms with E-state index in [1.165, 1.54) is 64.7 Å². The zero-order valence-electron chi connectivity index (χ0n) is 34.7. The van der Waals surface area contributed by atoms with Crippen molar-refractivity contribution in [1.29, 1.82) is 0 Å². The number of hydrogen-bond acceptors (Lipinski definition) is 11. The molecule has 0 unspecified atom stereocenters. The first-order chi connectivity index (χ1) is 27.9. The second-order valence-electron chi connectivity index (χ2n) is 14.2. The number of thiol groups is 1. The molecule has 0 bridgehead atoms. The van der Waals surface area contributed by atoms with Crippen molar-refractivity contribution in [1.82, 2.24) is 21.3 Å². The third kappa shape index (κ3) is 38.2. The molecule has 0 aliphatic heterocycles. The van der Waals surface area contributed by atoms with Crippen molar-refractivity contribution in [2.24, 2.45) is 0 Å². The van der Waals surface area contributed by atoms with Crippen molar-refractivity contribution in [2.45, 2.75) is 147 Å². The van der Waals surface area contributed by atoms with Crippen LogP contribution in [-0.2, 0) is 52.5 Å². The maximum absolute atomic E-state index is 12.3. The number of carbonyl (C=O) groups excluding carboxylic acids is 5. The molecule has 0 rings (SSSR count). The Morgan fingerprint density at radius 1 is 0.483 bits per heavy atom. The summed E-state index contributed by atoms with van der Waals surface area (Å²) in [5, 5.41) is 27.9. The molecule has 0 radical (unpaired) electrons. The molecule has 0 fully saturated rings. The van der Waals surface area contributed by atoms with E-state index in [-0.39, 0.29) is 109 Å². The van der Waals surface area contributed by atoms with Crippen LogP contribution in [0.5, 0.6) is 0 Å². The molecule has 0 aromatic heterocycles. The number of unbranched alkanes of at least 4 members (excludes halogenated alkanes) is 15. The number of carboxylic acid groups (broad SMARTS) is 2. The summed E-state index contributed by atoms with van der Waals surface area (Å²) in [6.07, 6.45) is 18.3. The van der Waals surface area contributed by atoms with Crippen molar-refractivity contribution in [3.05, 3.63) is 0 Å². The summed E-state index contributed by atoms with van der Waals surface area (Å²) in [5.41, 5.74) is 0. The minimum Gasteiger partial charge on any atom is -0.481 e. The van der Waals surface area contributed by atoms with E-state index in [0.717, 1.165) is 38.5 Å². The van der Waals surface area contributed by atoms with Gasteiger partial charge in [0.1, 0.15) is 19.3 Å². The van der Waals surface area contributed by atoms with Gasteiger partial charge in [0.15, 0.2) is 0 Å². The highest BCUT2D eigenvalue weighted by Crippen LogP contribution is 2.14. The lowest BCUT2D eigenvalue weighted by atomic mass is 10.0. The molecule has 0 aliphatic carbocycles. The molecule has 0 aliphatic rings. The van der Waals surface area contributed by atoms with Crippen LogP contribution in [0.25, 0.3) is 0 Å². The average Bonchev–Trinajstić information content (AvgIpc) is 3.17. The highest BCUT2D eigenvalue weighted by Gasteiger charge is 2.21. The lowest BCUT2D eigenvalue weighted by Crippen LogP contribution is -2.41. The second kappa shape index (κ2) is 39.2. The van der Waals surface area contributed by atoms with E-state index in [0.29, 0.717) is 6.42 Å². The number of carboxylic acids is 2. The van der Waals surface area contributed by atoms with Crippen LogP contribution in [0, 0.1) is 0 Å². The van der Waals surface area contributed by atoms with Crippen LogP contribution in [0.3, 0.4) is 0 Å². The Morgan fingerprint density at radius 3 is 1.34 bits per heavy atom. The molecule has 2 atom stereocenters. The molecule has 0 aromatic carbocycles. The zero-order chi connectivity index (χ0) is 43.1. The summed E-state index contributed by atoms with van der Waals surface area (Å²) < 4.78 is 21.1. The molecule has 4 amide bonds. The lowest BCUT2D eigenvalue weighted by Gasteiger charge is -2.14. The largest absolute Gasteiger partial charge is 0.481 e. The minimum atomic E-state index is -1.18. The van der Waals surface area contributed by atoms with Crippen molar-refractivity contribution in [2.75, 3.05) is 65.9 Å². The third-order valence-corrected chi connectivity index (χ3v) is 9.32. The molecular formula is C40H72N4O13S. The molecule has 0 spiro atoms. The summed E-state index contributed by atoms with van der Waals surface area (Å²) in [6, 6.07) is -1.84. The molecule has 58 heavy (non-hydrogen) atoms. The van der Waals surface area contributed by atoms with Gasteiger partial charge in [0, 0.05) is 32.4 Å². The first kappa shape index (κ1) is 54.7. The van der Waals surface area contributed by atoms with E-state index < -0.39 is 35.0 Å². The monoisotopic (exact) mass is 848 g/mol.